The Morgan fingerprint density at radius 3 is 2.50 bits per heavy atom. The molecule has 40 heavy (non-hydrogen) atoms. The molecule has 0 atom stereocenters. The number of imide groups is 1. The van der Waals surface area contributed by atoms with Crippen molar-refractivity contribution in [3.63, 3.8) is 0 Å². The molecule has 1 N–H and O–H groups in total. The van der Waals surface area contributed by atoms with Crippen molar-refractivity contribution in [2.45, 2.75) is 26.4 Å². The number of hydrogen-bond donors (Lipinski definition) is 1. The minimum absolute atomic E-state index is 0.0323. The smallest absolute Gasteiger partial charge is 0.294 e. The van der Waals surface area contributed by atoms with E-state index in [2.05, 4.69) is 19.2 Å². The van der Waals surface area contributed by atoms with Gasteiger partial charge in [-0.1, -0.05) is 44.2 Å². The molecule has 0 aliphatic carbocycles. The maximum Gasteiger partial charge on any atom is 0.294 e. The summed E-state index contributed by atoms with van der Waals surface area (Å²) in [4.78, 5) is 49.6. The SMILES string of the molecule is COc1cc(/C=C2/SC(=O)N(CC(=O)Nc3ccc(C(C)C)cc3)C2=O)ccc1OCc1cccc([N+](=O)[O-])c1. The van der Waals surface area contributed by atoms with Crippen LogP contribution in [0, 0.1) is 10.1 Å². The van der Waals surface area contributed by atoms with E-state index in [0.717, 1.165) is 22.2 Å². The van der Waals surface area contributed by atoms with E-state index in [0.29, 0.717) is 34.2 Å². The minimum atomic E-state index is -0.565. The van der Waals surface area contributed by atoms with E-state index in [9.17, 15) is 24.5 Å². The van der Waals surface area contributed by atoms with Gasteiger partial charge in [0.15, 0.2) is 11.5 Å². The summed E-state index contributed by atoms with van der Waals surface area (Å²) in [5, 5.41) is 13.2. The Labute approximate surface area is 235 Å². The zero-order chi connectivity index (χ0) is 28.8. The number of non-ortho nitro benzene ring substituents is 1. The molecule has 0 saturated carbocycles. The average Bonchev–Trinajstić information content (AvgIpc) is 3.19. The summed E-state index contributed by atoms with van der Waals surface area (Å²) in [6, 6.07) is 18.5. The van der Waals surface area contributed by atoms with Gasteiger partial charge in [-0.3, -0.25) is 29.4 Å². The summed E-state index contributed by atoms with van der Waals surface area (Å²) in [6.07, 6.45) is 1.54. The van der Waals surface area contributed by atoms with Crippen LogP contribution in [0.15, 0.2) is 71.6 Å². The predicted molar refractivity (Wildman–Crippen MR) is 152 cm³/mol. The first-order valence-corrected chi connectivity index (χ1v) is 13.2. The van der Waals surface area contributed by atoms with E-state index in [1.165, 1.54) is 19.2 Å². The molecule has 0 radical (unpaired) electrons. The number of rotatable bonds is 10. The molecule has 0 spiro atoms. The van der Waals surface area contributed by atoms with Crippen molar-refractivity contribution >= 4 is 46.3 Å². The third-order valence-corrected chi connectivity index (χ3v) is 6.94. The largest absolute Gasteiger partial charge is 0.493 e. The van der Waals surface area contributed by atoms with Crippen molar-refractivity contribution < 1.29 is 28.8 Å². The van der Waals surface area contributed by atoms with Gasteiger partial charge in [-0.25, -0.2) is 0 Å². The number of nitrogens with one attached hydrogen (secondary N) is 1. The van der Waals surface area contributed by atoms with E-state index >= 15 is 0 Å². The van der Waals surface area contributed by atoms with Gasteiger partial charge in [0.05, 0.1) is 16.9 Å². The van der Waals surface area contributed by atoms with Crippen molar-refractivity contribution in [2.24, 2.45) is 0 Å². The first-order chi connectivity index (χ1) is 19.1. The summed E-state index contributed by atoms with van der Waals surface area (Å²) >= 11 is 0.750. The van der Waals surface area contributed by atoms with Gasteiger partial charge >= 0.3 is 0 Å². The molecule has 0 unspecified atom stereocenters. The Morgan fingerprint density at radius 2 is 1.82 bits per heavy atom. The quantitative estimate of drug-likeness (QED) is 0.182. The van der Waals surface area contributed by atoms with Crippen LogP contribution in [0.4, 0.5) is 16.2 Å². The lowest BCUT2D eigenvalue weighted by Gasteiger charge is -2.13. The molecule has 4 rings (SSSR count). The molecular formula is C29H27N3O7S. The van der Waals surface area contributed by atoms with Crippen molar-refractivity contribution in [1.82, 2.24) is 4.90 Å². The summed E-state index contributed by atoms with van der Waals surface area (Å²) in [7, 11) is 1.46. The van der Waals surface area contributed by atoms with Crippen LogP contribution in [0.2, 0.25) is 0 Å². The highest BCUT2D eigenvalue weighted by atomic mass is 32.2. The van der Waals surface area contributed by atoms with Crippen LogP contribution in [0.3, 0.4) is 0 Å². The molecule has 206 valence electrons. The number of anilines is 1. The molecule has 1 fully saturated rings. The van der Waals surface area contributed by atoms with Gasteiger partial charge in [0.2, 0.25) is 5.91 Å². The minimum Gasteiger partial charge on any atom is -0.493 e. The molecule has 1 aliphatic rings. The standard InChI is InChI=1S/C29H27N3O7S/c1-18(2)21-8-10-22(11-9-21)30-27(33)16-31-28(34)26(40-29(31)35)15-19-7-12-24(25(14-19)38-3)39-17-20-5-4-6-23(13-20)32(36)37/h4-15,18H,16-17H2,1-3H3,(H,30,33)/b26-15+. The van der Waals surface area contributed by atoms with E-state index in [1.807, 2.05) is 12.1 Å². The molecule has 10 nitrogen and oxygen atoms in total. The highest BCUT2D eigenvalue weighted by Crippen LogP contribution is 2.35. The second-order valence-electron chi connectivity index (χ2n) is 9.22. The van der Waals surface area contributed by atoms with Crippen molar-refractivity contribution in [3.05, 3.63) is 98.4 Å². The lowest BCUT2D eigenvalue weighted by atomic mass is 10.0. The van der Waals surface area contributed by atoms with Crippen molar-refractivity contribution in [1.29, 1.82) is 0 Å². The Morgan fingerprint density at radius 1 is 1.07 bits per heavy atom. The number of nitro groups is 1. The third-order valence-electron chi connectivity index (χ3n) is 6.04. The molecule has 1 heterocycles. The number of benzene rings is 3. The van der Waals surface area contributed by atoms with E-state index in [4.69, 9.17) is 9.47 Å². The number of hydrogen-bond acceptors (Lipinski definition) is 8. The summed E-state index contributed by atoms with van der Waals surface area (Å²) in [5.41, 5.74) is 2.88. The number of nitrogens with zero attached hydrogens (tertiary/aromatic N) is 2. The molecule has 3 aromatic rings. The second kappa shape index (κ2) is 12.5. The van der Waals surface area contributed by atoms with Crippen LogP contribution in [-0.2, 0) is 16.2 Å². The lowest BCUT2D eigenvalue weighted by molar-refractivity contribution is -0.384. The van der Waals surface area contributed by atoms with Crippen LogP contribution in [0.5, 0.6) is 11.5 Å². The number of ether oxygens (including phenoxy) is 2. The van der Waals surface area contributed by atoms with Crippen molar-refractivity contribution in [3.8, 4) is 11.5 Å². The normalized spacial score (nSPS) is 14.1. The van der Waals surface area contributed by atoms with Gasteiger partial charge in [0.25, 0.3) is 16.8 Å². The molecule has 3 amide bonds. The number of amides is 3. The Hall–Kier alpha value is -4.64. The summed E-state index contributed by atoms with van der Waals surface area (Å²) < 4.78 is 11.2. The first kappa shape index (κ1) is 28.4. The van der Waals surface area contributed by atoms with Gasteiger partial charge in [0, 0.05) is 17.8 Å². The maximum absolute atomic E-state index is 12.9. The fourth-order valence-electron chi connectivity index (χ4n) is 3.90. The number of methoxy groups -OCH3 is 1. The van der Waals surface area contributed by atoms with E-state index in [-0.39, 0.29) is 17.2 Å². The average molecular weight is 562 g/mol. The van der Waals surface area contributed by atoms with Crippen LogP contribution < -0.4 is 14.8 Å². The van der Waals surface area contributed by atoms with Crippen molar-refractivity contribution in [2.75, 3.05) is 19.0 Å². The molecule has 0 aromatic heterocycles. The lowest BCUT2D eigenvalue weighted by Crippen LogP contribution is -2.36. The fourth-order valence-corrected chi connectivity index (χ4v) is 4.74. The van der Waals surface area contributed by atoms with Crippen LogP contribution in [-0.4, -0.2) is 40.5 Å². The second-order valence-corrected chi connectivity index (χ2v) is 10.2. The van der Waals surface area contributed by atoms with Gasteiger partial charge in [0.1, 0.15) is 13.2 Å². The highest BCUT2D eigenvalue weighted by molar-refractivity contribution is 8.18. The molecular weight excluding hydrogens is 534 g/mol. The van der Waals surface area contributed by atoms with Crippen LogP contribution >= 0.6 is 11.8 Å². The first-order valence-electron chi connectivity index (χ1n) is 12.3. The monoisotopic (exact) mass is 561 g/mol. The number of nitro benzene ring substituents is 1. The van der Waals surface area contributed by atoms with Crippen LogP contribution in [0.1, 0.15) is 36.5 Å². The Kier molecular flexibility index (Phi) is 8.85. The molecule has 3 aromatic carbocycles. The number of carbonyl (C=O) groups excluding carboxylic acids is 3. The summed E-state index contributed by atoms with van der Waals surface area (Å²) in [6.45, 7) is 3.83. The molecule has 1 saturated heterocycles. The van der Waals surface area contributed by atoms with Gasteiger partial charge < -0.3 is 14.8 Å². The summed E-state index contributed by atoms with van der Waals surface area (Å²) in [5.74, 6) is 0.0904. The highest BCUT2D eigenvalue weighted by Gasteiger charge is 2.36. The van der Waals surface area contributed by atoms with E-state index in [1.54, 1.807) is 48.5 Å². The maximum atomic E-state index is 12.9. The Bertz CT molecular complexity index is 1490. The zero-order valence-electron chi connectivity index (χ0n) is 22.1. The zero-order valence-corrected chi connectivity index (χ0v) is 22.9. The fraction of sp³-hybridized carbons (Fsp3) is 0.207. The van der Waals surface area contributed by atoms with Crippen LogP contribution in [0.25, 0.3) is 6.08 Å². The number of thioether (sulfide) groups is 1. The van der Waals surface area contributed by atoms with Gasteiger partial charge in [-0.05, 0) is 64.7 Å². The molecule has 1 aliphatic heterocycles. The van der Waals surface area contributed by atoms with Gasteiger partial charge in [-0.15, -0.1) is 0 Å². The van der Waals surface area contributed by atoms with Gasteiger partial charge in [-0.2, -0.15) is 0 Å². The topological polar surface area (TPSA) is 128 Å². The molecule has 0 bridgehead atoms. The predicted octanol–water partition coefficient (Wildman–Crippen LogP) is 5.98. The van der Waals surface area contributed by atoms with E-state index < -0.39 is 28.5 Å². The third kappa shape index (κ3) is 6.86. The molecule has 11 heteroatoms. The Balaban J connectivity index is 1.40. The number of carbonyl (C=O) groups is 3.